The van der Waals surface area contributed by atoms with Gasteiger partial charge in [0, 0.05) is 5.56 Å². The van der Waals surface area contributed by atoms with E-state index < -0.39 is 5.97 Å². The normalized spacial score (nSPS) is 11.3. The van der Waals surface area contributed by atoms with Gasteiger partial charge in [-0.05, 0) is 36.4 Å². The number of aromatic nitrogens is 1. The molecule has 0 saturated heterocycles. The average Bonchev–Trinajstić information content (AvgIpc) is 3.28. The topological polar surface area (TPSA) is 87.7 Å². The second-order valence-electron chi connectivity index (χ2n) is 5.56. The number of hydrazone groups is 1. The van der Waals surface area contributed by atoms with Gasteiger partial charge in [-0.25, -0.2) is 9.78 Å². The first-order chi connectivity index (χ1) is 13.1. The van der Waals surface area contributed by atoms with Gasteiger partial charge in [0.2, 0.25) is 5.13 Å². The Kier molecular flexibility index (Phi) is 4.62. The van der Waals surface area contributed by atoms with Crippen LogP contribution in [0.25, 0.3) is 21.5 Å². The maximum Gasteiger partial charge on any atom is 0.337 e. The molecule has 0 aliphatic heterocycles. The van der Waals surface area contributed by atoms with E-state index >= 15 is 0 Å². The third-order valence-corrected chi connectivity index (χ3v) is 5.01. The van der Waals surface area contributed by atoms with E-state index in [2.05, 4.69) is 15.5 Å². The second-order valence-corrected chi connectivity index (χ2v) is 7.00. The molecule has 0 bridgehead atoms. The second kappa shape index (κ2) is 7.22. The molecule has 4 rings (SSSR count). The van der Waals surface area contributed by atoms with Crippen molar-refractivity contribution in [2.24, 2.45) is 5.10 Å². The van der Waals surface area contributed by atoms with E-state index in [4.69, 9.17) is 21.1 Å². The van der Waals surface area contributed by atoms with Crippen LogP contribution in [0.15, 0.2) is 64.1 Å². The van der Waals surface area contributed by atoms with E-state index in [1.165, 1.54) is 17.4 Å². The van der Waals surface area contributed by atoms with Crippen LogP contribution in [0.3, 0.4) is 0 Å². The van der Waals surface area contributed by atoms with Crippen molar-refractivity contribution in [1.29, 1.82) is 0 Å². The number of benzene rings is 2. The lowest BCUT2D eigenvalue weighted by Crippen LogP contribution is -1.96. The lowest BCUT2D eigenvalue weighted by Gasteiger charge is -2.01. The summed E-state index contributed by atoms with van der Waals surface area (Å²) in [5, 5.41) is 14.0. The van der Waals surface area contributed by atoms with Crippen molar-refractivity contribution < 1.29 is 14.3 Å². The van der Waals surface area contributed by atoms with Crippen LogP contribution >= 0.6 is 22.9 Å². The summed E-state index contributed by atoms with van der Waals surface area (Å²) in [7, 11) is 0. The van der Waals surface area contributed by atoms with Gasteiger partial charge >= 0.3 is 5.97 Å². The number of rotatable bonds is 5. The van der Waals surface area contributed by atoms with Crippen LogP contribution in [-0.2, 0) is 0 Å². The molecule has 0 atom stereocenters. The number of fused-ring (bicyclic) bond motifs is 1. The summed E-state index contributed by atoms with van der Waals surface area (Å²) in [6.07, 6.45) is 1.54. The maximum atomic E-state index is 11.0. The molecule has 8 heteroatoms. The van der Waals surface area contributed by atoms with E-state index in [9.17, 15) is 4.79 Å². The predicted molar refractivity (Wildman–Crippen MR) is 107 cm³/mol. The minimum Gasteiger partial charge on any atom is -0.478 e. The molecule has 2 N–H and O–H groups in total. The molecule has 0 spiro atoms. The summed E-state index contributed by atoms with van der Waals surface area (Å²) in [5.41, 5.74) is 4.54. The van der Waals surface area contributed by atoms with Gasteiger partial charge in [0.05, 0.1) is 27.0 Å². The van der Waals surface area contributed by atoms with Crippen molar-refractivity contribution in [2.75, 3.05) is 5.43 Å². The van der Waals surface area contributed by atoms with Gasteiger partial charge in [0.1, 0.15) is 11.5 Å². The van der Waals surface area contributed by atoms with Crippen molar-refractivity contribution in [1.82, 2.24) is 4.98 Å². The van der Waals surface area contributed by atoms with Crippen molar-refractivity contribution in [3.05, 3.63) is 70.9 Å². The van der Waals surface area contributed by atoms with Crippen LogP contribution in [0, 0.1) is 0 Å². The van der Waals surface area contributed by atoms with E-state index in [0.717, 1.165) is 10.2 Å². The largest absolute Gasteiger partial charge is 0.478 e. The third-order valence-electron chi connectivity index (χ3n) is 3.76. The Labute approximate surface area is 162 Å². The number of nitrogens with one attached hydrogen (secondary N) is 1. The van der Waals surface area contributed by atoms with Gasteiger partial charge in [-0.1, -0.05) is 41.1 Å². The minimum atomic E-state index is -1.07. The van der Waals surface area contributed by atoms with E-state index in [-0.39, 0.29) is 10.6 Å². The Hall–Kier alpha value is -3.16. The molecule has 0 aliphatic rings. The number of nitrogens with zero attached hydrogens (tertiary/aromatic N) is 2. The molecule has 6 nitrogen and oxygen atoms in total. The number of hydrogen-bond donors (Lipinski definition) is 2. The molecular weight excluding hydrogens is 386 g/mol. The fourth-order valence-corrected chi connectivity index (χ4v) is 3.57. The molecule has 0 amide bonds. The van der Waals surface area contributed by atoms with Crippen LogP contribution in [0.5, 0.6) is 0 Å². The van der Waals surface area contributed by atoms with Crippen LogP contribution in [0.1, 0.15) is 16.1 Å². The first kappa shape index (κ1) is 17.3. The molecule has 134 valence electrons. The number of thiazole rings is 1. The summed E-state index contributed by atoms with van der Waals surface area (Å²) in [6, 6.07) is 16.0. The zero-order valence-electron chi connectivity index (χ0n) is 13.7. The van der Waals surface area contributed by atoms with Crippen molar-refractivity contribution >= 4 is 50.5 Å². The molecule has 27 heavy (non-hydrogen) atoms. The molecule has 2 aromatic carbocycles. The first-order valence-electron chi connectivity index (χ1n) is 7.88. The summed E-state index contributed by atoms with van der Waals surface area (Å²) < 4.78 is 6.79. The SMILES string of the molecule is O=C(O)c1ccc(-c2ccc(/C=N/Nc3nc4ccccc4s3)o2)cc1Cl. The highest BCUT2D eigenvalue weighted by Crippen LogP contribution is 2.27. The standard InChI is InChI=1S/C19H12ClN3O3S/c20-14-9-11(5-7-13(14)18(24)25)16-8-6-12(26-16)10-21-23-19-22-15-3-1-2-4-17(15)27-19/h1-10H,(H,22,23)(H,24,25)/b21-10+. The van der Waals surface area contributed by atoms with E-state index in [0.29, 0.717) is 22.2 Å². The van der Waals surface area contributed by atoms with Crippen molar-refractivity contribution in [3.63, 3.8) is 0 Å². The highest BCUT2D eigenvalue weighted by Gasteiger charge is 2.11. The average molecular weight is 398 g/mol. The number of carboxylic acids is 1. The third kappa shape index (κ3) is 3.69. The molecular formula is C19H12ClN3O3S. The lowest BCUT2D eigenvalue weighted by atomic mass is 10.1. The summed E-state index contributed by atoms with van der Waals surface area (Å²) in [5.74, 6) is 0.0343. The van der Waals surface area contributed by atoms with Gasteiger partial charge in [-0.2, -0.15) is 5.10 Å². The highest BCUT2D eigenvalue weighted by atomic mass is 35.5. The summed E-state index contributed by atoms with van der Waals surface area (Å²) in [6.45, 7) is 0. The molecule has 0 aliphatic carbocycles. The number of para-hydroxylation sites is 1. The number of carboxylic acid groups (broad SMARTS) is 1. The summed E-state index contributed by atoms with van der Waals surface area (Å²) in [4.78, 5) is 15.5. The fraction of sp³-hybridized carbons (Fsp3) is 0. The van der Waals surface area contributed by atoms with Crippen LogP contribution in [-0.4, -0.2) is 22.3 Å². The number of anilines is 1. The minimum absolute atomic E-state index is 0.0498. The molecule has 2 aromatic heterocycles. The molecule has 2 heterocycles. The van der Waals surface area contributed by atoms with Gasteiger partial charge in [0.25, 0.3) is 0 Å². The number of hydrogen-bond acceptors (Lipinski definition) is 6. The van der Waals surface area contributed by atoms with Crippen LogP contribution in [0.4, 0.5) is 5.13 Å². The first-order valence-corrected chi connectivity index (χ1v) is 9.07. The summed E-state index contributed by atoms with van der Waals surface area (Å²) >= 11 is 7.51. The lowest BCUT2D eigenvalue weighted by molar-refractivity contribution is 0.0697. The molecule has 0 radical (unpaired) electrons. The Morgan fingerprint density at radius 2 is 2.07 bits per heavy atom. The van der Waals surface area contributed by atoms with Gasteiger partial charge < -0.3 is 9.52 Å². The Morgan fingerprint density at radius 1 is 1.22 bits per heavy atom. The fourth-order valence-electron chi connectivity index (χ4n) is 2.49. The zero-order chi connectivity index (χ0) is 18.8. The highest BCUT2D eigenvalue weighted by molar-refractivity contribution is 7.22. The number of carbonyl (C=O) groups is 1. The van der Waals surface area contributed by atoms with E-state index in [1.54, 1.807) is 30.5 Å². The van der Waals surface area contributed by atoms with Crippen LogP contribution < -0.4 is 5.43 Å². The molecule has 0 unspecified atom stereocenters. The monoisotopic (exact) mass is 397 g/mol. The number of halogens is 1. The van der Waals surface area contributed by atoms with Gasteiger partial charge in [-0.15, -0.1) is 0 Å². The van der Waals surface area contributed by atoms with Crippen molar-refractivity contribution in [2.45, 2.75) is 0 Å². The quantitative estimate of drug-likeness (QED) is 0.350. The van der Waals surface area contributed by atoms with Gasteiger partial charge in [-0.3, -0.25) is 5.43 Å². The maximum absolute atomic E-state index is 11.0. The molecule has 0 saturated carbocycles. The Bertz CT molecular complexity index is 1130. The van der Waals surface area contributed by atoms with Crippen molar-refractivity contribution in [3.8, 4) is 11.3 Å². The Morgan fingerprint density at radius 3 is 2.85 bits per heavy atom. The molecule has 4 aromatic rings. The van der Waals surface area contributed by atoms with Gasteiger partial charge in [0.15, 0.2) is 0 Å². The smallest absolute Gasteiger partial charge is 0.337 e. The number of aromatic carboxylic acids is 1. The molecule has 0 fully saturated rings. The van der Waals surface area contributed by atoms with Crippen LogP contribution in [0.2, 0.25) is 5.02 Å². The van der Waals surface area contributed by atoms with E-state index in [1.807, 2.05) is 24.3 Å². The zero-order valence-corrected chi connectivity index (χ0v) is 15.3. The number of furan rings is 1. The Balaban J connectivity index is 1.48. The predicted octanol–water partition coefficient (Wildman–Crippen LogP) is 5.35.